The van der Waals surface area contributed by atoms with Gasteiger partial charge in [-0.15, -0.1) is 0 Å². The second-order valence-corrected chi connectivity index (χ2v) is 5.07. The molecule has 4 nitrogen and oxygen atoms in total. The fraction of sp³-hybridized carbons (Fsp3) is 0.846. The summed E-state index contributed by atoms with van der Waals surface area (Å²) >= 11 is 0. The van der Waals surface area contributed by atoms with Gasteiger partial charge in [0.1, 0.15) is 0 Å². The molecular weight excluding hydrogens is 220 g/mol. The maximum atomic E-state index is 11.7. The highest BCUT2D eigenvalue weighted by Crippen LogP contribution is 2.53. The molecule has 4 heteroatoms. The predicted molar refractivity (Wildman–Crippen MR) is 63.3 cm³/mol. The van der Waals surface area contributed by atoms with E-state index in [-0.39, 0.29) is 29.2 Å². The molecule has 17 heavy (non-hydrogen) atoms. The van der Waals surface area contributed by atoms with Crippen LogP contribution in [0.3, 0.4) is 0 Å². The number of esters is 2. The van der Waals surface area contributed by atoms with Gasteiger partial charge < -0.3 is 9.47 Å². The molecule has 0 aromatic rings. The van der Waals surface area contributed by atoms with Crippen molar-refractivity contribution in [1.29, 1.82) is 0 Å². The van der Waals surface area contributed by atoms with Gasteiger partial charge in [0.25, 0.3) is 0 Å². The van der Waals surface area contributed by atoms with E-state index in [1.807, 2.05) is 13.8 Å². The summed E-state index contributed by atoms with van der Waals surface area (Å²) < 4.78 is 9.96. The predicted octanol–water partition coefficient (Wildman–Crippen LogP) is 2.17. The van der Waals surface area contributed by atoms with Crippen molar-refractivity contribution in [2.75, 3.05) is 13.2 Å². The first-order valence-corrected chi connectivity index (χ1v) is 6.25. The normalized spacial score (nSPS) is 25.9. The summed E-state index contributed by atoms with van der Waals surface area (Å²) in [5.41, 5.74) is -0.168. The van der Waals surface area contributed by atoms with Crippen LogP contribution in [0, 0.1) is 17.3 Å². The third-order valence-corrected chi connectivity index (χ3v) is 3.76. The van der Waals surface area contributed by atoms with Gasteiger partial charge in [-0.3, -0.25) is 9.59 Å². The van der Waals surface area contributed by atoms with Gasteiger partial charge in [-0.05, 0) is 31.6 Å². The Hall–Kier alpha value is -1.06. The van der Waals surface area contributed by atoms with Gasteiger partial charge in [0, 0.05) is 6.42 Å². The molecule has 2 atom stereocenters. The lowest BCUT2D eigenvalue weighted by atomic mass is 9.54. The van der Waals surface area contributed by atoms with E-state index < -0.39 is 0 Å². The Bertz CT molecular complexity index is 296. The van der Waals surface area contributed by atoms with Crippen LogP contribution >= 0.6 is 0 Å². The van der Waals surface area contributed by atoms with Gasteiger partial charge in [0.05, 0.1) is 19.1 Å². The van der Waals surface area contributed by atoms with Gasteiger partial charge >= 0.3 is 11.9 Å². The Balaban J connectivity index is 2.49. The van der Waals surface area contributed by atoms with Crippen LogP contribution in [0.1, 0.15) is 40.5 Å². The number of rotatable bonds is 5. The van der Waals surface area contributed by atoms with E-state index in [0.29, 0.717) is 19.6 Å². The van der Waals surface area contributed by atoms with Gasteiger partial charge in [0.2, 0.25) is 0 Å². The number of carbonyl (C=O) groups is 2. The van der Waals surface area contributed by atoms with Crippen molar-refractivity contribution in [3.63, 3.8) is 0 Å². The van der Waals surface area contributed by atoms with Crippen molar-refractivity contribution in [3.8, 4) is 0 Å². The summed E-state index contributed by atoms with van der Waals surface area (Å²) in [6.07, 6.45) is 1.13. The van der Waals surface area contributed by atoms with Crippen LogP contribution in [0.25, 0.3) is 0 Å². The first kappa shape index (κ1) is 14.0. The van der Waals surface area contributed by atoms with Crippen molar-refractivity contribution in [3.05, 3.63) is 0 Å². The summed E-state index contributed by atoms with van der Waals surface area (Å²) in [6, 6.07) is 0. The number of carbonyl (C=O) groups excluding carboxylic acids is 2. The average molecular weight is 242 g/mol. The maximum absolute atomic E-state index is 11.7. The Kier molecular flexibility index (Phi) is 4.54. The molecule has 0 aromatic carbocycles. The SMILES string of the molecule is CCOC(=O)C[C@H]1C[C@@H](C(=O)OCC)C1(C)C. The van der Waals surface area contributed by atoms with Crippen molar-refractivity contribution in [1.82, 2.24) is 0 Å². The Morgan fingerprint density at radius 3 is 2.24 bits per heavy atom. The molecule has 0 amide bonds. The summed E-state index contributed by atoms with van der Waals surface area (Å²) in [6.45, 7) is 8.45. The third kappa shape index (κ3) is 2.99. The molecule has 0 heterocycles. The van der Waals surface area contributed by atoms with E-state index in [1.165, 1.54) is 0 Å². The van der Waals surface area contributed by atoms with Gasteiger partial charge in [-0.1, -0.05) is 13.8 Å². The molecule has 1 saturated carbocycles. The molecule has 0 radical (unpaired) electrons. The maximum Gasteiger partial charge on any atom is 0.309 e. The Labute approximate surface area is 103 Å². The first-order chi connectivity index (χ1) is 7.93. The fourth-order valence-electron chi connectivity index (χ4n) is 2.43. The van der Waals surface area contributed by atoms with Gasteiger partial charge in [0.15, 0.2) is 0 Å². The zero-order valence-electron chi connectivity index (χ0n) is 11.1. The molecule has 1 aliphatic carbocycles. The molecule has 1 fully saturated rings. The van der Waals surface area contributed by atoms with Crippen molar-refractivity contribution < 1.29 is 19.1 Å². The molecular formula is C13H22O4. The number of hydrogen-bond donors (Lipinski definition) is 0. The highest BCUT2D eigenvalue weighted by molar-refractivity contribution is 5.76. The van der Waals surface area contributed by atoms with E-state index in [1.54, 1.807) is 13.8 Å². The minimum atomic E-state index is -0.173. The summed E-state index contributed by atoms with van der Waals surface area (Å²) in [7, 11) is 0. The monoisotopic (exact) mass is 242 g/mol. The molecule has 0 spiro atoms. The van der Waals surface area contributed by atoms with Gasteiger partial charge in [-0.2, -0.15) is 0 Å². The van der Waals surface area contributed by atoms with Crippen LogP contribution in [-0.4, -0.2) is 25.2 Å². The van der Waals surface area contributed by atoms with Crippen LogP contribution in [-0.2, 0) is 19.1 Å². The first-order valence-electron chi connectivity index (χ1n) is 6.25. The molecule has 1 aliphatic rings. The van der Waals surface area contributed by atoms with Gasteiger partial charge in [-0.25, -0.2) is 0 Å². The smallest absolute Gasteiger partial charge is 0.309 e. The second kappa shape index (κ2) is 5.52. The van der Waals surface area contributed by atoms with E-state index in [0.717, 1.165) is 6.42 Å². The second-order valence-electron chi connectivity index (χ2n) is 5.07. The molecule has 0 unspecified atom stereocenters. The number of hydrogen-bond acceptors (Lipinski definition) is 4. The van der Waals surface area contributed by atoms with Crippen LogP contribution in [0.5, 0.6) is 0 Å². The van der Waals surface area contributed by atoms with Crippen LogP contribution in [0.2, 0.25) is 0 Å². The van der Waals surface area contributed by atoms with Crippen LogP contribution in [0.4, 0.5) is 0 Å². The van der Waals surface area contributed by atoms with Crippen molar-refractivity contribution >= 4 is 11.9 Å². The third-order valence-electron chi connectivity index (χ3n) is 3.76. The summed E-state index contributed by atoms with van der Waals surface area (Å²) in [5.74, 6) is -0.177. The van der Waals surface area contributed by atoms with E-state index in [9.17, 15) is 9.59 Å². The zero-order chi connectivity index (χ0) is 13.1. The Morgan fingerprint density at radius 1 is 1.18 bits per heavy atom. The average Bonchev–Trinajstić information content (AvgIpc) is 2.24. The van der Waals surface area contributed by atoms with E-state index >= 15 is 0 Å². The minimum absolute atomic E-state index is 0.0816. The fourth-order valence-corrected chi connectivity index (χ4v) is 2.43. The molecule has 0 aliphatic heterocycles. The zero-order valence-corrected chi connectivity index (χ0v) is 11.1. The molecule has 0 saturated heterocycles. The van der Waals surface area contributed by atoms with E-state index in [2.05, 4.69) is 0 Å². The molecule has 98 valence electrons. The highest BCUT2D eigenvalue weighted by atomic mass is 16.5. The number of ether oxygens (including phenoxy) is 2. The summed E-state index contributed by atoms with van der Waals surface area (Å²) in [4.78, 5) is 23.1. The van der Waals surface area contributed by atoms with Crippen molar-refractivity contribution in [2.45, 2.75) is 40.5 Å². The molecule has 1 rings (SSSR count). The van der Waals surface area contributed by atoms with Crippen LogP contribution < -0.4 is 0 Å². The quantitative estimate of drug-likeness (QED) is 0.693. The molecule has 0 bridgehead atoms. The van der Waals surface area contributed by atoms with Crippen molar-refractivity contribution in [2.24, 2.45) is 17.3 Å². The molecule has 0 N–H and O–H groups in total. The largest absolute Gasteiger partial charge is 0.466 e. The molecule has 0 aromatic heterocycles. The summed E-state index contributed by atoms with van der Waals surface area (Å²) in [5, 5.41) is 0. The lowest BCUT2D eigenvalue weighted by Crippen LogP contribution is -2.50. The standard InChI is InChI=1S/C13H22O4/c1-5-16-11(14)8-9-7-10(13(9,3)4)12(15)17-6-2/h9-10H,5-8H2,1-4H3/t9-,10+/m1/s1. The van der Waals surface area contributed by atoms with Crippen LogP contribution in [0.15, 0.2) is 0 Å². The van der Waals surface area contributed by atoms with E-state index in [4.69, 9.17) is 9.47 Å². The minimum Gasteiger partial charge on any atom is -0.466 e. The Morgan fingerprint density at radius 2 is 1.76 bits per heavy atom. The lowest BCUT2D eigenvalue weighted by Gasteiger charge is -2.50. The highest BCUT2D eigenvalue weighted by Gasteiger charge is 2.52. The lowest BCUT2D eigenvalue weighted by molar-refractivity contribution is -0.169. The topological polar surface area (TPSA) is 52.6 Å².